The van der Waals surface area contributed by atoms with E-state index in [1.54, 1.807) is 11.0 Å². The standard InChI is InChI=1S/C31H37ClN2O3/c1-23(2)21-33-31(36)29(20-25-10-5-4-6-11-25)34(22-26-12-7-8-13-28(26)32)30(35)14-9-19-37-27-17-15-24(3)16-18-27/h4-8,10-13,15-18,23,29H,9,14,19-22H2,1-3H3,(H,33,36)/t29-/m1/s1. The zero-order valence-corrected chi connectivity index (χ0v) is 22.7. The highest BCUT2D eigenvalue weighted by Gasteiger charge is 2.30. The topological polar surface area (TPSA) is 58.6 Å². The molecule has 3 rings (SSSR count). The first-order valence-corrected chi connectivity index (χ1v) is 13.2. The fraction of sp³-hybridized carbons (Fsp3) is 0.355. The Kier molecular flexibility index (Phi) is 11.0. The van der Waals surface area contributed by atoms with Gasteiger partial charge in [-0.3, -0.25) is 9.59 Å². The number of halogens is 1. The molecule has 6 heteroatoms. The lowest BCUT2D eigenvalue weighted by Gasteiger charge is -2.32. The molecule has 0 heterocycles. The normalized spacial score (nSPS) is 11.7. The number of nitrogens with zero attached hydrogens (tertiary/aromatic N) is 1. The van der Waals surface area contributed by atoms with E-state index in [0.717, 1.165) is 22.4 Å². The van der Waals surface area contributed by atoms with Crippen LogP contribution in [0.15, 0.2) is 78.9 Å². The molecule has 0 fully saturated rings. The number of ether oxygens (including phenoxy) is 1. The van der Waals surface area contributed by atoms with E-state index in [-0.39, 0.29) is 24.8 Å². The van der Waals surface area contributed by atoms with Crippen LogP contribution in [0.2, 0.25) is 5.02 Å². The smallest absolute Gasteiger partial charge is 0.243 e. The van der Waals surface area contributed by atoms with Gasteiger partial charge in [0, 0.05) is 31.0 Å². The number of rotatable bonds is 13. The maximum Gasteiger partial charge on any atom is 0.243 e. The van der Waals surface area contributed by atoms with Crippen LogP contribution in [0.5, 0.6) is 5.75 Å². The monoisotopic (exact) mass is 520 g/mol. The van der Waals surface area contributed by atoms with Crippen LogP contribution in [-0.4, -0.2) is 35.9 Å². The number of aryl methyl sites for hydroxylation is 1. The van der Waals surface area contributed by atoms with Gasteiger partial charge in [-0.05, 0) is 48.6 Å². The Morgan fingerprint density at radius 1 is 0.946 bits per heavy atom. The average Bonchev–Trinajstić information content (AvgIpc) is 2.89. The predicted molar refractivity (Wildman–Crippen MR) is 150 cm³/mol. The van der Waals surface area contributed by atoms with Crippen molar-refractivity contribution < 1.29 is 14.3 Å². The lowest BCUT2D eigenvalue weighted by Crippen LogP contribution is -2.51. The molecule has 1 atom stereocenters. The number of hydrogen-bond donors (Lipinski definition) is 1. The fourth-order valence-electron chi connectivity index (χ4n) is 3.98. The van der Waals surface area contributed by atoms with Gasteiger partial charge in [0.15, 0.2) is 0 Å². The molecule has 0 bridgehead atoms. The van der Waals surface area contributed by atoms with Gasteiger partial charge in [0.1, 0.15) is 11.8 Å². The van der Waals surface area contributed by atoms with Crippen molar-refractivity contribution in [2.45, 2.75) is 52.6 Å². The molecule has 0 radical (unpaired) electrons. The third-order valence-electron chi connectivity index (χ3n) is 6.08. The van der Waals surface area contributed by atoms with Crippen LogP contribution in [0.4, 0.5) is 0 Å². The molecule has 196 valence electrons. The third-order valence-corrected chi connectivity index (χ3v) is 6.45. The molecule has 0 saturated carbocycles. The minimum atomic E-state index is -0.664. The summed E-state index contributed by atoms with van der Waals surface area (Å²) in [5.41, 5.74) is 2.97. The van der Waals surface area contributed by atoms with Gasteiger partial charge in [-0.15, -0.1) is 0 Å². The van der Waals surface area contributed by atoms with E-state index in [0.29, 0.717) is 36.9 Å². The van der Waals surface area contributed by atoms with Gasteiger partial charge in [0.25, 0.3) is 0 Å². The largest absolute Gasteiger partial charge is 0.494 e. The molecule has 0 spiro atoms. The Hall–Kier alpha value is -3.31. The molecule has 0 aliphatic carbocycles. The SMILES string of the molecule is Cc1ccc(OCCCC(=O)N(Cc2ccccc2Cl)[C@H](Cc2ccccc2)C(=O)NCC(C)C)cc1. The number of hydrogen-bond acceptors (Lipinski definition) is 3. The van der Waals surface area contributed by atoms with E-state index in [1.807, 2.05) is 93.6 Å². The minimum absolute atomic E-state index is 0.104. The van der Waals surface area contributed by atoms with Gasteiger partial charge >= 0.3 is 0 Å². The van der Waals surface area contributed by atoms with Gasteiger partial charge in [0.2, 0.25) is 11.8 Å². The molecule has 3 aromatic rings. The Balaban J connectivity index is 1.79. The van der Waals surface area contributed by atoms with Crippen molar-refractivity contribution in [3.8, 4) is 5.75 Å². The van der Waals surface area contributed by atoms with Crippen molar-refractivity contribution in [1.82, 2.24) is 10.2 Å². The Morgan fingerprint density at radius 2 is 1.62 bits per heavy atom. The van der Waals surface area contributed by atoms with E-state index in [4.69, 9.17) is 16.3 Å². The Labute approximate surface area is 225 Å². The summed E-state index contributed by atoms with van der Waals surface area (Å²) in [4.78, 5) is 28.8. The summed E-state index contributed by atoms with van der Waals surface area (Å²) in [5.74, 6) is 0.816. The molecule has 0 aliphatic rings. The van der Waals surface area contributed by atoms with Crippen LogP contribution in [0.25, 0.3) is 0 Å². The van der Waals surface area contributed by atoms with Crippen molar-refractivity contribution in [2.24, 2.45) is 5.92 Å². The number of benzene rings is 3. The van der Waals surface area contributed by atoms with Crippen LogP contribution in [0, 0.1) is 12.8 Å². The molecule has 0 unspecified atom stereocenters. The average molecular weight is 521 g/mol. The van der Waals surface area contributed by atoms with Crippen molar-refractivity contribution in [1.29, 1.82) is 0 Å². The van der Waals surface area contributed by atoms with Gasteiger partial charge < -0.3 is 15.0 Å². The zero-order chi connectivity index (χ0) is 26.6. The first-order valence-electron chi connectivity index (χ1n) is 12.9. The molecule has 37 heavy (non-hydrogen) atoms. The first kappa shape index (κ1) is 28.3. The minimum Gasteiger partial charge on any atom is -0.494 e. The van der Waals surface area contributed by atoms with Gasteiger partial charge in [0.05, 0.1) is 6.61 Å². The van der Waals surface area contributed by atoms with E-state index < -0.39 is 6.04 Å². The lowest BCUT2D eigenvalue weighted by atomic mass is 10.0. The molecule has 3 aromatic carbocycles. The second kappa shape index (κ2) is 14.4. The Bertz CT molecular complexity index is 1130. The number of nitrogens with one attached hydrogen (secondary N) is 1. The summed E-state index contributed by atoms with van der Waals surface area (Å²) < 4.78 is 5.83. The van der Waals surface area contributed by atoms with Crippen LogP contribution >= 0.6 is 11.6 Å². The quantitative estimate of drug-likeness (QED) is 0.272. The van der Waals surface area contributed by atoms with E-state index in [2.05, 4.69) is 5.32 Å². The first-order chi connectivity index (χ1) is 17.8. The maximum atomic E-state index is 13.6. The van der Waals surface area contributed by atoms with Crippen LogP contribution < -0.4 is 10.1 Å². The summed E-state index contributed by atoms with van der Waals surface area (Å²) >= 11 is 6.47. The summed E-state index contributed by atoms with van der Waals surface area (Å²) in [5, 5.41) is 3.61. The fourth-order valence-corrected chi connectivity index (χ4v) is 4.17. The number of carbonyl (C=O) groups excluding carboxylic acids is 2. The van der Waals surface area contributed by atoms with Crippen molar-refractivity contribution >= 4 is 23.4 Å². The van der Waals surface area contributed by atoms with Gasteiger partial charge in [-0.2, -0.15) is 0 Å². The Morgan fingerprint density at radius 3 is 2.30 bits per heavy atom. The number of carbonyl (C=O) groups is 2. The van der Waals surface area contributed by atoms with Gasteiger partial charge in [-0.1, -0.05) is 91.7 Å². The lowest BCUT2D eigenvalue weighted by molar-refractivity contribution is -0.141. The molecule has 0 aromatic heterocycles. The molecule has 1 N–H and O–H groups in total. The summed E-state index contributed by atoms with van der Waals surface area (Å²) in [6.45, 7) is 7.34. The third kappa shape index (κ3) is 9.25. The van der Waals surface area contributed by atoms with Crippen LogP contribution in [0.3, 0.4) is 0 Å². The highest BCUT2D eigenvalue weighted by atomic mass is 35.5. The second-order valence-electron chi connectivity index (χ2n) is 9.72. The molecular weight excluding hydrogens is 484 g/mol. The second-order valence-corrected chi connectivity index (χ2v) is 10.1. The predicted octanol–water partition coefficient (Wildman–Crippen LogP) is 6.22. The molecule has 2 amide bonds. The van der Waals surface area contributed by atoms with E-state index in [9.17, 15) is 9.59 Å². The highest BCUT2D eigenvalue weighted by molar-refractivity contribution is 6.31. The molecule has 5 nitrogen and oxygen atoms in total. The summed E-state index contributed by atoms with van der Waals surface area (Å²) in [7, 11) is 0. The van der Waals surface area contributed by atoms with Crippen molar-refractivity contribution in [3.05, 3.63) is 101 Å². The summed E-state index contributed by atoms with van der Waals surface area (Å²) in [6, 6.07) is 24.4. The van der Waals surface area contributed by atoms with Crippen LogP contribution in [0.1, 0.15) is 43.4 Å². The zero-order valence-electron chi connectivity index (χ0n) is 22.0. The van der Waals surface area contributed by atoms with E-state index in [1.165, 1.54) is 0 Å². The van der Waals surface area contributed by atoms with Crippen LogP contribution in [-0.2, 0) is 22.6 Å². The van der Waals surface area contributed by atoms with Gasteiger partial charge in [-0.25, -0.2) is 0 Å². The molecule has 0 saturated heterocycles. The van der Waals surface area contributed by atoms with Crippen molar-refractivity contribution in [2.75, 3.05) is 13.2 Å². The van der Waals surface area contributed by atoms with E-state index >= 15 is 0 Å². The number of amides is 2. The highest BCUT2D eigenvalue weighted by Crippen LogP contribution is 2.21. The summed E-state index contributed by atoms with van der Waals surface area (Å²) in [6.07, 6.45) is 1.22. The van der Waals surface area contributed by atoms with Crippen molar-refractivity contribution in [3.63, 3.8) is 0 Å². The maximum absolute atomic E-state index is 13.6. The molecular formula is C31H37ClN2O3. The molecule has 0 aliphatic heterocycles.